The molecule has 0 aliphatic heterocycles. The van der Waals surface area contributed by atoms with Gasteiger partial charge in [0.05, 0.1) is 5.75 Å². The van der Waals surface area contributed by atoms with Crippen LogP contribution in [0.2, 0.25) is 0 Å². The Bertz CT molecular complexity index is 598. The van der Waals surface area contributed by atoms with Gasteiger partial charge in [-0.1, -0.05) is 12.1 Å². The van der Waals surface area contributed by atoms with Gasteiger partial charge in [0.1, 0.15) is 0 Å². The molecule has 0 atom stereocenters. The number of Topliss-reactive ketones (excluding diaryl/α,β-unsaturated/α-hetero) is 1. The molecule has 0 aliphatic carbocycles. The van der Waals surface area contributed by atoms with E-state index in [0.717, 1.165) is 0 Å². The highest BCUT2D eigenvalue weighted by atomic mass is 32.2. The zero-order valence-electron chi connectivity index (χ0n) is 11.3. The molecule has 7 nitrogen and oxygen atoms in total. The lowest BCUT2D eigenvalue weighted by molar-refractivity contribution is 0.101. The van der Waals surface area contributed by atoms with Crippen LogP contribution in [0.5, 0.6) is 0 Å². The summed E-state index contributed by atoms with van der Waals surface area (Å²) in [5.41, 5.74) is 0.951. The highest BCUT2D eigenvalue weighted by Crippen LogP contribution is 2.10. The minimum Gasteiger partial charge on any atom is -0.337 e. The molecule has 8 heteroatoms. The minimum absolute atomic E-state index is 0.0125. The fourth-order valence-electron chi connectivity index (χ4n) is 1.39. The van der Waals surface area contributed by atoms with Gasteiger partial charge in [-0.25, -0.2) is 17.9 Å². The smallest absolute Gasteiger partial charge is 0.319 e. The van der Waals surface area contributed by atoms with Crippen LogP contribution in [0.3, 0.4) is 0 Å². The van der Waals surface area contributed by atoms with Crippen molar-refractivity contribution in [1.82, 2.24) is 10.0 Å². The number of ketones is 1. The van der Waals surface area contributed by atoms with Crippen LogP contribution in [0.25, 0.3) is 0 Å². The zero-order valence-corrected chi connectivity index (χ0v) is 12.1. The molecule has 110 valence electrons. The zero-order chi connectivity index (χ0) is 15.2. The number of amides is 2. The van der Waals surface area contributed by atoms with E-state index in [2.05, 4.69) is 15.4 Å². The molecular formula is C12H17N3O4S. The molecule has 1 rings (SSSR count). The highest BCUT2D eigenvalue weighted by Gasteiger charge is 2.08. The molecule has 0 spiro atoms. The molecule has 0 heterocycles. The Hall–Kier alpha value is -1.93. The van der Waals surface area contributed by atoms with E-state index in [1.807, 2.05) is 0 Å². The Labute approximate surface area is 117 Å². The first-order chi connectivity index (χ1) is 9.34. The van der Waals surface area contributed by atoms with Crippen molar-refractivity contribution in [2.24, 2.45) is 0 Å². The first-order valence-electron chi connectivity index (χ1n) is 5.91. The van der Waals surface area contributed by atoms with Crippen LogP contribution in [0.4, 0.5) is 10.5 Å². The summed E-state index contributed by atoms with van der Waals surface area (Å²) in [4.78, 5) is 22.7. The molecular weight excluding hydrogens is 282 g/mol. The van der Waals surface area contributed by atoms with E-state index < -0.39 is 16.1 Å². The predicted molar refractivity (Wildman–Crippen MR) is 76.3 cm³/mol. The van der Waals surface area contributed by atoms with Gasteiger partial charge >= 0.3 is 6.03 Å². The SMILES string of the molecule is CNS(=O)(=O)CCNC(=O)Nc1cccc(C(C)=O)c1. The van der Waals surface area contributed by atoms with Gasteiger partial charge in [0.2, 0.25) is 10.0 Å². The summed E-state index contributed by atoms with van der Waals surface area (Å²) in [6.45, 7) is 1.42. The van der Waals surface area contributed by atoms with Crippen molar-refractivity contribution in [1.29, 1.82) is 0 Å². The molecule has 1 aromatic carbocycles. The summed E-state index contributed by atoms with van der Waals surface area (Å²) < 4.78 is 24.4. The van der Waals surface area contributed by atoms with Gasteiger partial charge in [0, 0.05) is 17.8 Å². The molecule has 0 saturated carbocycles. The average Bonchev–Trinajstić information content (AvgIpc) is 2.38. The van der Waals surface area contributed by atoms with E-state index >= 15 is 0 Å². The van der Waals surface area contributed by atoms with Crippen molar-refractivity contribution in [2.45, 2.75) is 6.92 Å². The summed E-state index contributed by atoms with van der Waals surface area (Å²) in [6, 6.07) is 5.95. The van der Waals surface area contributed by atoms with Crippen LogP contribution in [0.1, 0.15) is 17.3 Å². The Morgan fingerprint density at radius 3 is 2.55 bits per heavy atom. The number of anilines is 1. The van der Waals surface area contributed by atoms with Crippen molar-refractivity contribution >= 4 is 27.5 Å². The van der Waals surface area contributed by atoms with Crippen LogP contribution in [0, 0.1) is 0 Å². The minimum atomic E-state index is -3.34. The summed E-state index contributed by atoms with van der Waals surface area (Å²) >= 11 is 0. The van der Waals surface area contributed by atoms with Crippen molar-refractivity contribution in [3.05, 3.63) is 29.8 Å². The molecule has 0 radical (unpaired) electrons. The van der Waals surface area contributed by atoms with Gasteiger partial charge in [0.15, 0.2) is 5.78 Å². The topological polar surface area (TPSA) is 104 Å². The monoisotopic (exact) mass is 299 g/mol. The second-order valence-electron chi connectivity index (χ2n) is 4.04. The van der Waals surface area contributed by atoms with Gasteiger partial charge in [-0.05, 0) is 26.1 Å². The maximum Gasteiger partial charge on any atom is 0.319 e. The largest absolute Gasteiger partial charge is 0.337 e. The number of sulfonamides is 1. The molecule has 0 unspecified atom stereocenters. The Morgan fingerprint density at radius 1 is 1.25 bits per heavy atom. The van der Waals surface area contributed by atoms with Crippen LogP contribution in [0.15, 0.2) is 24.3 Å². The first-order valence-corrected chi connectivity index (χ1v) is 7.56. The summed E-state index contributed by atoms with van der Waals surface area (Å²) in [5, 5.41) is 4.94. The van der Waals surface area contributed by atoms with E-state index in [4.69, 9.17) is 0 Å². The predicted octanol–water partition coefficient (Wildman–Crippen LogP) is 0.560. The number of rotatable bonds is 6. The third kappa shape index (κ3) is 5.37. The Kier molecular flexibility index (Phi) is 5.66. The fraction of sp³-hybridized carbons (Fsp3) is 0.333. The van der Waals surface area contributed by atoms with Crippen molar-refractivity contribution in [3.8, 4) is 0 Å². The number of benzene rings is 1. The first kappa shape index (κ1) is 16.1. The third-order valence-electron chi connectivity index (χ3n) is 2.49. The highest BCUT2D eigenvalue weighted by molar-refractivity contribution is 7.89. The van der Waals surface area contributed by atoms with Crippen molar-refractivity contribution in [2.75, 3.05) is 24.7 Å². The standard InChI is InChI=1S/C12H17N3O4S/c1-9(16)10-4-3-5-11(8-10)15-12(17)14-6-7-20(18,19)13-2/h3-5,8,13H,6-7H2,1-2H3,(H2,14,15,17). The van der Waals surface area contributed by atoms with Gasteiger partial charge in [0.25, 0.3) is 0 Å². The molecule has 20 heavy (non-hydrogen) atoms. The summed E-state index contributed by atoms with van der Waals surface area (Å²) in [5.74, 6) is -0.307. The van der Waals surface area contributed by atoms with Gasteiger partial charge in [-0.15, -0.1) is 0 Å². The maximum absolute atomic E-state index is 11.5. The number of hydrogen-bond acceptors (Lipinski definition) is 4. The number of carbonyl (C=O) groups is 2. The molecule has 0 aromatic heterocycles. The summed E-state index contributed by atoms with van der Waals surface area (Å²) in [6.07, 6.45) is 0. The van der Waals surface area contributed by atoms with E-state index in [1.54, 1.807) is 24.3 Å². The second-order valence-corrected chi connectivity index (χ2v) is 6.09. The third-order valence-corrected chi connectivity index (χ3v) is 3.86. The summed E-state index contributed by atoms with van der Waals surface area (Å²) in [7, 11) is -2.03. The van der Waals surface area contributed by atoms with Crippen LogP contribution < -0.4 is 15.4 Å². The molecule has 0 saturated heterocycles. The van der Waals surface area contributed by atoms with Crippen LogP contribution in [-0.2, 0) is 10.0 Å². The van der Waals surface area contributed by atoms with Crippen LogP contribution in [-0.4, -0.2) is 39.6 Å². The lowest BCUT2D eigenvalue weighted by Gasteiger charge is -2.08. The van der Waals surface area contributed by atoms with Gasteiger partial charge in [-0.2, -0.15) is 0 Å². The molecule has 0 bridgehead atoms. The normalized spacial score (nSPS) is 10.9. The molecule has 3 N–H and O–H groups in total. The van der Waals surface area contributed by atoms with Crippen molar-refractivity contribution < 1.29 is 18.0 Å². The molecule has 1 aromatic rings. The number of nitrogens with one attached hydrogen (secondary N) is 3. The number of carbonyl (C=O) groups excluding carboxylic acids is 2. The lowest BCUT2D eigenvalue weighted by atomic mass is 10.1. The van der Waals surface area contributed by atoms with E-state index in [9.17, 15) is 18.0 Å². The fourth-order valence-corrected chi connectivity index (χ4v) is 1.97. The van der Waals surface area contributed by atoms with E-state index in [-0.39, 0.29) is 18.1 Å². The molecule has 2 amide bonds. The maximum atomic E-state index is 11.5. The molecule has 0 aliphatic rings. The number of urea groups is 1. The van der Waals surface area contributed by atoms with Gasteiger partial charge < -0.3 is 10.6 Å². The van der Waals surface area contributed by atoms with Gasteiger partial charge in [-0.3, -0.25) is 4.79 Å². The second kappa shape index (κ2) is 7.01. The quantitative estimate of drug-likeness (QED) is 0.667. The van der Waals surface area contributed by atoms with E-state index in [0.29, 0.717) is 11.3 Å². The average molecular weight is 299 g/mol. The molecule has 0 fully saturated rings. The number of hydrogen-bond donors (Lipinski definition) is 3. The van der Waals surface area contributed by atoms with Crippen LogP contribution >= 0.6 is 0 Å². The Morgan fingerprint density at radius 2 is 1.95 bits per heavy atom. The van der Waals surface area contributed by atoms with E-state index in [1.165, 1.54) is 14.0 Å². The Balaban J connectivity index is 2.51. The lowest BCUT2D eigenvalue weighted by Crippen LogP contribution is -2.35. The van der Waals surface area contributed by atoms with Crippen molar-refractivity contribution in [3.63, 3.8) is 0 Å².